The molecule has 0 radical (unpaired) electrons. The minimum atomic E-state index is -0.669. The van der Waals surface area contributed by atoms with Gasteiger partial charge in [-0.2, -0.15) is 0 Å². The van der Waals surface area contributed by atoms with Crippen LogP contribution >= 0.6 is 0 Å². The Hall–Kier alpha value is -1.49. The van der Waals surface area contributed by atoms with Crippen LogP contribution in [0.3, 0.4) is 0 Å². The summed E-state index contributed by atoms with van der Waals surface area (Å²) in [7, 11) is 0. The zero-order valence-electron chi connectivity index (χ0n) is 12.5. The fourth-order valence-electron chi connectivity index (χ4n) is 2.69. The molecule has 5 heteroatoms. The quantitative estimate of drug-likeness (QED) is 0.926. The third-order valence-electron chi connectivity index (χ3n) is 3.96. The minimum absolute atomic E-state index is 0.0462. The molecule has 1 aromatic rings. The predicted octanol–water partition coefficient (Wildman–Crippen LogP) is 2.82. The molecular formula is C16H22F2N2O. The second-order valence-electron chi connectivity index (χ2n) is 5.87. The number of hydrogen-bond acceptors (Lipinski definition) is 2. The van der Waals surface area contributed by atoms with Gasteiger partial charge in [-0.25, -0.2) is 8.78 Å². The molecule has 0 spiro atoms. The lowest BCUT2D eigenvalue weighted by Gasteiger charge is -2.33. The number of nitrogens with one attached hydrogen (secondary N) is 1. The number of benzene rings is 1. The SMILES string of the molecule is CC(C)N(CC1CCNCC1)C(=O)c1cc(F)ccc1F. The summed E-state index contributed by atoms with van der Waals surface area (Å²) in [6.07, 6.45) is 2.00. The zero-order chi connectivity index (χ0) is 15.4. The molecule has 0 bridgehead atoms. The van der Waals surface area contributed by atoms with Gasteiger partial charge in [0.2, 0.25) is 0 Å². The number of amides is 1. The Labute approximate surface area is 124 Å². The van der Waals surface area contributed by atoms with Gasteiger partial charge in [-0.3, -0.25) is 4.79 Å². The maximum Gasteiger partial charge on any atom is 0.257 e. The molecule has 1 aromatic carbocycles. The number of nitrogens with zero attached hydrogens (tertiary/aromatic N) is 1. The van der Waals surface area contributed by atoms with Gasteiger partial charge in [-0.1, -0.05) is 0 Å². The Morgan fingerprint density at radius 3 is 2.62 bits per heavy atom. The lowest BCUT2D eigenvalue weighted by atomic mass is 9.96. The molecule has 1 N–H and O–H groups in total. The molecule has 21 heavy (non-hydrogen) atoms. The summed E-state index contributed by atoms with van der Waals surface area (Å²) in [5.74, 6) is -1.28. The van der Waals surface area contributed by atoms with E-state index in [9.17, 15) is 13.6 Å². The first-order valence-electron chi connectivity index (χ1n) is 7.45. The van der Waals surface area contributed by atoms with Crippen LogP contribution in [0.5, 0.6) is 0 Å². The number of rotatable bonds is 4. The number of piperidine rings is 1. The molecule has 1 aliphatic rings. The third kappa shape index (κ3) is 4.00. The normalized spacial score (nSPS) is 16.2. The first-order valence-corrected chi connectivity index (χ1v) is 7.45. The summed E-state index contributed by atoms with van der Waals surface area (Å²) < 4.78 is 27.1. The molecule has 1 saturated heterocycles. The molecule has 0 aromatic heterocycles. The number of carbonyl (C=O) groups excluding carboxylic acids is 1. The van der Waals surface area contributed by atoms with Crippen molar-refractivity contribution in [2.75, 3.05) is 19.6 Å². The molecule has 3 nitrogen and oxygen atoms in total. The molecular weight excluding hydrogens is 274 g/mol. The molecule has 116 valence electrons. The van der Waals surface area contributed by atoms with Crippen LogP contribution in [0.1, 0.15) is 37.0 Å². The fourth-order valence-corrected chi connectivity index (χ4v) is 2.69. The fraction of sp³-hybridized carbons (Fsp3) is 0.562. The Morgan fingerprint density at radius 2 is 2.00 bits per heavy atom. The van der Waals surface area contributed by atoms with Crippen LogP contribution < -0.4 is 5.32 Å². The summed E-state index contributed by atoms with van der Waals surface area (Å²) in [5, 5.41) is 3.28. The van der Waals surface area contributed by atoms with Gasteiger partial charge in [-0.05, 0) is 63.9 Å². The second kappa shape index (κ2) is 6.98. The van der Waals surface area contributed by atoms with Crippen molar-refractivity contribution in [1.82, 2.24) is 10.2 Å². The first kappa shape index (κ1) is 15.9. The highest BCUT2D eigenvalue weighted by Gasteiger charge is 2.25. The number of carbonyl (C=O) groups is 1. The molecule has 1 aliphatic heterocycles. The van der Waals surface area contributed by atoms with E-state index in [4.69, 9.17) is 0 Å². The average molecular weight is 296 g/mol. The first-order chi connectivity index (χ1) is 9.99. The van der Waals surface area contributed by atoms with E-state index in [0.29, 0.717) is 12.5 Å². The van der Waals surface area contributed by atoms with Crippen molar-refractivity contribution in [2.45, 2.75) is 32.7 Å². The minimum Gasteiger partial charge on any atom is -0.336 e. The summed E-state index contributed by atoms with van der Waals surface area (Å²) >= 11 is 0. The summed E-state index contributed by atoms with van der Waals surface area (Å²) in [5.41, 5.74) is -0.183. The van der Waals surface area contributed by atoms with Gasteiger partial charge >= 0.3 is 0 Å². The molecule has 2 rings (SSSR count). The molecule has 0 aliphatic carbocycles. The van der Waals surface area contributed by atoms with Crippen LogP contribution in [-0.4, -0.2) is 36.5 Å². The average Bonchev–Trinajstić information content (AvgIpc) is 2.47. The zero-order valence-corrected chi connectivity index (χ0v) is 12.5. The van der Waals surface area contributed by atoms with E-state index in [0.717, 1.165) is 44.1 Å². The summed E-state index contributed by atoms with van der Waals surface area (Å²) in [6, 6.07) is 2.97. The monoisotopic (exact) mass is 296 g/mol. The number of hydrogen-bond donors (Lipinski definition) is 1. The van der Waals surface area contributed by atoms with E-state index < -0.39 is 17.5 Å². The van der Waals surface area contributed by atoms with Gasteiger partial charge in [0, 0.05) is 12.6 Å². The van der Waals surface area contributed by atoms with Gasteiger partial charge in [0.05, 0.1) is 5.56 Å². The number of halogens is 2. The molecule has 0 unspecified atom stereocenters. The predicted molar refractivity (Wildman–Crippen MR) is 78.1 cm³/mol. The largest absolute Gasteiger partial charge is 0.336 e. The van der Waals surface area contributed by atoms with E-state index in [1.807, 2.05) is 13.8 Å². The molecule has 1 heterocycles. The lowest BCUT2D eigenvalue weighted by Crippen LogP contribution is -2.43. The Morgan fingerprint density at radius 1 is 1.33 bits per heavy atom. The maximum absolute atomic E-state index is 13.8. The van der Waals surface area contributed by atoms with Gasteiger partial charge in [0.15, 0.2) is 0 Å². The topological polar surface area (TPSA) is 32.3 Å². The van der Waals surface area contributed by atoms with Crippen molar-refractivity contribution in [1.29, 1.82) is 0 Å². The van der Waals surface area contributed by atoms with Crippen molar-refractivity contribution in [3.8, 4) is 0 Å². The van der Waals surface area contributed by atoms with Crippen molar-refractivity contribution in [3.05, 3.63) is 35.4 Å². The van der Waals surface area contributed by atoms with Crippen LogP contribution in [0.15, 0.2) is 18.2 Å². The summed E-state index contributed by atoms with van der Waals surface area (Å²) in [4.78, 5) is 14.2. The van der Waals surface area contributed by atoms with E-state index in [2.05, 4.69) is 5.32 Å². The van der Waals surface area contributed by atoms with Crippen molar-refractivity contribution < 1.29 is 13.6 Å². The van der Waals surface area contributed by atoms with Crippen molar-refractivity contribution >= 4 is 5.91 Å². The standard InChI is InChI=1S/C16H22F2N2O/c1-11(2)20(10-12-5-7-19-8-6-12)16(21)14-9-13(17)3-4-15(14)18/h3-4,9,11-12,19H,5-8,10H2,1-2H3. The highest BCUT2D eigenvalue weighted by atomic mass is 19.1. The van der Waals surface area contributed by atoms with E-state index in [-0.39, 0.29) is 11.6 Å². The van der Waals surface area contributed by atoms with Gasteiger partial charge in [-0.15, -0.1) is 0 Å². The second-order valence-corrected chi connectivity index (χ2v) is 5.87. The van der Waals surface area contributed by atoms with E-state index >= 15 is 0 Å². The van der Waals surface area contributed by atoms with Crippen LogP contribution in [0, 0.1) is 17.6 Å². The van der Waals surface area contributed by atoms with E-state index in [1.54, 1.807) is 4.90 Å². The highest BCUT2D eigenvalue weighted by molar-refractivity contribution is 5.94. The van der Waals surface area contributed by atoms with Crippen molar-refractivity contribution in [3.63, 3.8) is 0 Å². The molecule has 0 atom stereocenters. The maximum atomic E-state index is 13.8. The van der Waals surface area contributed by atoms with Crippen LogP contribution in [0.2, 0.25) is 0 Å². The van der Waals surface area contributed by atoms with Crippen LogP contribution in [0.25, 0.3) is 0 Å². The van der Waals surface area contributed by atoms with Crippen molar-refractivity contribution in [2.24, 2.45) is 5.92 Å². The van der Waals surface area contributed by atoms with Gasteiger partial charge in [0.1, 0.15) is 11.6 Å². The van der Waals surface area contributed by atoms with Crippen LogP contribution in [0.4, 0.5) is 8.78 Å². The third-order valence-corrected chi connectivity index (χ3v) is 3.96. The van der Waals surface area contributed by atoms with Gasteiger partial charge < -0.3 is 10.2 Å². The molecule has 1 amide bonds. The highest BCUT2D eigenvalue weighted by Crippen LogP contribution is 2.19. The Kier molecular flexibility index (Phi) is 5.28. The smallest absolute Gasteiger partial charge is 0.257 e. The lowest BCUT2D eigenvalue weighted by molar-refractivity contribution is 0.0652. The Balaban J connectivity index is 2.16. The Bertz CT molecular complexity index is 499. The molecule has 1 fully saturated rings. The van der Waals surface area contributed by atoms with E-state index in [1.165, 1.54) is 0 Å². The van der Waals surface area contributed by atoms with Crippen LogP contribution in [-0.2, 0) is 0 Å². The molecule has 0 saturated carbocycles. The summed E-state index contributed by atoms with van der Waals surface area (Å²) in [6.45, 7) is 6.28. The van der Waals surface area contributed by atoms with Gasteiger partial charge in [0.25, 0.3) is 5.91 Å².